The largest absolute Gasteiger partial charge is 0.325 e. The van der Waals surface area contributed by atoms with Crippen LogP contribution in [-0.2, 0) is 0 Å². The molecule has 0 fully saturated rings. The molecule has 0 aromatic heterocycles. The van der Waals surface area contributed by atoms with Gasteiger partial charge in [0.2, 0.25) is 0 Å². The summed E-state index contributed by atoms with van der Waals surface area (Å²) in [6, 6.07) is 11.3. The second kappa shape index (κ2) is 3.61. The van der Waals surface area contributed by atoms with Gasteiger partial charge in [0.05, 0.1) is 6.04 Å². The zero-order valence-corrected chi connectivity index (χ0v) is 10.9. The maximum atomic E-state index is 9.61. The number of rotatable bonds is 0. The van der Waals surface area contributed by atoms with Crippen molar-refractivity contribution in [3.05, 3.63) is 64.4 Å². The highest BCUT2D eigenvalue weighted by molar-refractivity contribution is 5.67. The summed E-state index contributed by atoms with van der Waals surface area (Å²) in [7, 11) is 0. The lowest BCUT2D eigenvalue weighted by molar-refractivity contribution is 0.647. The van der Waals surface area contributed by atoms with Gasteiger partial charge >= 0.3 is 0 Å². The van der Waals surface area contributed by atoms with Gasteiger partial charge in [-0.2, -0.15) is 5.26 Å². The van der Waals surface area contributed by atoms with E-state index in [4.69, 9.17) is 0 Å². The smallest absolute Gasteiger partial charge is 0.124 e. The van der Waals surface area contributed by atoms with Crippen molar-refractivity contribution in [1.82, 2.24) is 0 Å². The van der Waals surface area contributed by atoms with Gasteiger partial charge in [-0.25, -0.2) is 0 Å². The van der Waals surface area contributed by atoms with Gasteiger partial charge in [-0.15, -0.1) is 0 Å². The molecule has 0 radical (unpaired) electrons. The molecular formula is C17H14N2. The van der Waals surface area contributed by atoms with Crippen molar-refractivity contribution in [2.24, 2.45) is 0 Å². The molecule has 6 rings (SSSR count). The van der Waals surface area contributed by atoms with E-state index in [0.717, 1.165) is 29.8 Å². The maximum absolute atomic E-state index is 9.61. The summed E-state index contributed by atoms with van der Waals surface area (Å²) in [5.74, 6) is 0. The van der Waals surface area contributed by atoms with E-state index in [-0.39, 0.29) is 0 Å². The fraction of sp³-hybridized carbons (Fsp3) is 0.235. The maximum Gasteiger partial charge on any atom is 0.124 e. The third-order valence-corrected chi connectivity index (χ3v) is 4.40. The van der Waals surface area contributed by atoms with Crippen LogP contribution in [0.2, 0.25) is 0 Å². The van der Waals surface area contributed by atoms with Crippen molar-refractivity contribution in [2.45, 2.75) is 25.8 Å². The van der Waals surface area contributed by atoms with Gasteiger partial charge in [-0.05, 0) is 54.2 Å². The van der Waals surface area contributed by atoms with Crippen LogP contribution in [0.15, 0.2) is 58.8 Å². The van der Waals surface area contributed by atoms with E-state index < -0.39 is 0 Å². The van der Waals surface area contributed by atoms with Gasteiger partial charge in [0.15, 0.2) is 0 Å². The molecule has 5 aliphatic rings. The van der Waals surface area contributed by atoms with Crippen LogP contribution in [0.5, 0.6) is 0 Å². The molecule has 0 N–H and O–H groups in total. The van der Waals surface area contributed by atoms with Crippen molar-refractivity contribution in [3.8, 4) is 6.07 Å². The molecule has 4 aliphatic heterocycles. The summed E-state index contributed by atoms with van der Waals surface area (Å²) in [5, 5.41) is 9.61. The van der Waals surface area contributed by atoms with Crippen LogP contribution in [0, 0.1) is 11.3 Å². The van der Waals surface area contributed by atoms with E-state index in [1.54, 1.807) is 0 Å². The van der Waals surface area contributed by atoms with Crippen LogP contribution < -0.4 is 4.90 Å². The van der Waals surface area contributed by atoms with E-state index >= 15 is 0 Å². The topological polar surface area (TPSA) is 27.0 Å². The van der Waals surface area contributed by atoms with Crippen molar-refractivity contribution in [3.63, 3.8) is 0 Å². The van der Waals surface area contributed by atoms with E-state index in [1.165, 1.54) is 16.7 Å². The summed E-state index contributed by atoms with van der Waals surface area (Å²) in [6.45, 7) is 2.15. The highest BCUT2D eigenvalue weighted by Gasteiger charge is 2.33. The first-order valence-electron chi connectivity index (χ1n) is 6.68. The molecular weight excluding hydrogens is 232 g/mol. The minimum atomic E-state index is 0.296. The predicted octanol–water partition coefficient (Wildman–Crippen LogP) is 4.01. The first-order valence-corrected chi connectivity index (χ1v) is 6.68. The standard InChI is InChI=1S/C17H14N2/c1-11-8-14-3-2-13(11)9-16-12-4-6-15(7-5-12)19(16)17(14)10-18/h2,4-8,16H,3,9H2,1H3/b17-14-. The van der Waals surface area contributed by atoms with Gasteiger partial charge in [-0.1, -0.05) is 24.3 Å². The Hall–Kier alpha value is -2.27. The van der Waals surface area contributed by atoms with E-state index in [1.807, 2.05) is 0 Å². The molecule has 1 aromatic rings. The fourth-order valence-electron chi connectivity index (χ4n) is 3.39. The third-order valence-electron chi connectivity index (χ3n) is 4.40. The molecule has 0 saturated carbocycles. The number of fused-ring (bicyclic) bond motifs is 3. The molecule has 0 spiro atoms. The van der Waals surface area contributed by atoms with Crippen LogP contribution in [-0.4, -0.2) is 0 Å². The minimum Gasteiger partial charge on any atom is -0.325 e. The van der Waals surface area contributed by atoms with E-state index in [9.17, 15) is 5.26 Å². The Labute approximate surface area is 113 Å². The van der Waals surface area contributed by atoms with E-state index in [0.29, 0.717) is 6.04 Å². The summed E-state index contributed by atoms with van der Waals surface area (Å²) in [5.41, 5.74) is 7.16. The quantitative estimate of drug-likeness (QED) is 0.691. The second-order valence-corrected chi connectivity index (χ2v) is 5.43. The number of hydrogen-bond donors (Lipinski definition) is 0. The molecule has 4 heterocycles. The number of anilines is 1. The molecule has 2 heteroatoms. The van der Waals surface area contributed by atoms with E-state index in [2.05, 4.69) is 54.3 Å². The zero-order valence-electron chi connectivity index (χ0n) is 10.9. The molecule has 92 valence electrons. The lowest BCUT2D eigenvalue weighted by Crippen LogP contribution is -2.33. The number of hydrogen-bond acceptors (Lipinski definition) is 2. The predicted molar refractivity (Wildman–Crippen MR) is 75.4 cm³/mol. The number of nitrogens with zero attached hydrogens (tertiary/aromatic N) is 2. The summed E-state index contributed by atoms with van der Waals surface area (Å²) < 4.78 is 0. The highest BCUT2D eigenvalue weighted by Crippen LogP contribution is 2.45. The van der Waals surface area contributed by atoms with Crippen LogP contribution in [0.4, 0.5) is 5.69 Å². The van der Waals surface area contributed by atoms with Gasteiger partial charge in [0.25, 0.3) is 0 Å². The molecule has 0 amide bonds. The fourth-order valence-corrected chi connectivity index (χ4v) is 3.39. The average Bonchev–Trinajstić information content (AvgIpc) is 2.42. The molecule has 1 atom stereocenters. The average molecular weight is 246 g/mol. The lowest BCUT2D eigenvalue weighted by atomic mass is 9.83. The number of allylic oxidation sites excluding steroid dienone is 5. The minimum absolute atomic E-state index is 0.296. The Bertz CT molecular complexity index is 696. The summed E-state index contributed by atoms with van der Waals surface area (Å²) in [4.78, 5) is 2.22. The Balaban J connectivity index is 1.99. The van der Waals surface area contributed by atoms with Gasteiger partial charge in [-0.3, -0.25) is 0 Å². The molecule has 0 saturated heterocycles. The van der Waals surface area contributed by atoms with Gasteiger partial charge < -0.3 is 4.90 Å². The Morgan fingerprint density at radius 1 is 1.26 bits per heavy atom. The normalized spacial score (nSPS) is 27.2. The van der Waals surface area contributed by atoms with Crippen LogP contribution in [0.25, 0.3) is 0 Å². The molecule has 2 nitrogen and oxygen atoms in total. The summed E-state index contributed by atoms with van der Waals surface area (Å²) >= 11 is 0. The zero-order chi connectivity index (χ0) is 13.0. The van der Waals surface area contributed by atoms with Gasteiger partial charge in [0, 0.05) is 5.69 Å². The van der Waals surface area contributed by atoms with Crippen LogP contribution in [0.1, 0.15) is 31.4 Å². The van der Waals surface area contributed by atoms with Crippen molar-refractivity contribution < 1.29 is 0 Å². The summed E-state index contributed by atoms with van der Waals surface area (Å²) in [6.07, 6.45) is 6.36. The Morgan fingerprint density at radius 3 is 2.74 bits per heavy atom. The number of nitriles is 1. The first kappa shape index (κ1) is 10.6. The second-order valence-electron chi connectivity index (χ2n) is 5.43. The molecule has 1 unspecified atom stereocenters. The highest BCUT2D eigenvalue weighted by atomic mass is 15.2. The van der Waals surface area contributed by atoms with Crippen LogP contribution in [0.3, 0.4) is 0 Å². The van der Waals surface area contributed by atoms with Gasteiger partial charge in [0.1, 0.15) is 11.8 Å². The van der Waals surface area contributed by atoms with Crippen molar-refractivity contribution >= 4 is 5.69 Å². The lowest BCUT2D eigenvalue weighted by Gasteiger charge is -2.41. The Kier molecular flexibility index (Phi) is 2.02. The first-order chi connectivity index (χ1) is 9.28. The molecule has 4 bridgehead atoms. The van der Waals surface area contributed by atoms with Crippen molar-refractivity contribution in [2.75, 3.05) is 4.90 Å². The SMILES string of the molecule is CC1=C/C2=C(/C#N)N3c4ccc(cc4)C3CC1=CC2. The third kappa shape index (κ3) is 1.36. The molecule has 1 aliphatic carbocycles. The van der Waals surface area contributed by atoms with Crippen LogP contribution >= 0.6 is 0 Å². The number of benzene rings is 1. The molecule has 1 aromatic carbocycles. The van der Waals surface area contributed by atoms with Crippen molar-refractivity contribution in [1.29, 1.82) is 5.26 Å². The Morgan fingerprint density at radius 2 is 2.05 bits per heavy atom. The monoisotopic (exact) mass is 246 g/mol. The molecule has 19 heavy (non-hydrogen) atoms.